The van der Waals surface area contributed by atoms with Crippen molar-refractivity contribution >= 4 is 11.7 Å². The van der Waals surface area contributed by atoms with Crippen LogP contribution < -0.4 is 5.32 Å². The number of hydrogen-bond donors (Lipinski definition) is 2. The van der Waals surface area contributed by atoms with Gasteiger partial charge >= 0.3 is 0 Å². The first-order valence-corrected chi connectivity index (χ1v) is 5.40. The maximum absolute atomic E-state index is 13.4. The van der Waals surface area contributed by atoms with E-state index >= 15 is 0 Å². The second-order valence-electron chi connectivity index (χ2n) is 3.70. The molecule has 0 fully saturated rings. The third-order valence-electron chi connectivity index (χ3n) is 2.51. The number of aromatic amines is 1. The fourth-order valence-electron chi connectivity index (χ4n) is 1.54. The van der Waals surface area contributed by atoms with E-state index in [4.69, 9.17) is 0 Å². The minimum absolute atomic E-state index is 0.341. The van der Waals surface area contributed by atoms with E-state index in [0.717, 1.165) is 23.8 Å². The van der Waals surface area contributed by atoms with Crippen LogP contribution in [0.5, 0.6) is 0 Å². The molecule has 0 aliphatic heterocycles. The van der Waals surface area contributed by atoms with Crippen LogP contribution in [0.4, 0.5) is 14.6 Å². The number of benzene rings is 1. The number of halogens is 2. The van der Waals surface area contributed by atoms with Gasteiger partial charge in [0, 0.05) is 5.56 Å². The van der Waals surface area contributed by atoms with Gasteiger partial charge in [0.05, 0.1) is 11.8 Å². The van der Waals surface area contributed by atoms with Crippen molar-refractivity contribution in [1.82, 2.24) is 10.2 Å². The summed E-state index contributed by atoms with van der Waals surface area (Å²) in [4.78, 5) is 11.8. The molecule has 0 unspecified atom stereocenters. The number of aromatic nitrogens is 2. The molecule has 0 bridgehead atoms. The average Bonchev–Trinajstić information content (AvgIpc) is 2.79. The molecule has 4 nitrogen and oxygen atoms in total. The molecule has 2 N–H and O–H groups in total. The van der Waals surface area contributed by atoms with Crippen molar-refractivity contribution in [2.45, 2.75) is 13.3 Å². The van der Waals surface area contributed by atoms with Crippen LogP contribution >= 0.6 is 0 Å². The number of carbonyl (C=O) groups is 1. The van der Waals surface area contributed by atoms with E-state index < -0.39 is 17.5 Å². The summed E-state index contributed by atoms with van der Waals surface area (Å²) in [5, 5.41) is 8.83. The van der Waals surface area contributed by atoms with Gasteiger partial charge in [-0.05, 0) is 24.6 Å². The van der Waals surface area contributed by atoms with Crippen LogP contribution in [0.3, 0.4) is 0 Å². The molecule has 0 atom stereocenters. The predicted molar refractivity (Wildman–Crippen MR) is 62.3 cm³/mol. The van der Waals surface area contributed by atoms with E-state index in [9.17, 15) is 13.6 Å². The van der Waals surface area contributed by atoms with E-state index in [2.05, 4.69) is 15.5 Å². The summed E-state index contributed by atoms with van der Waals surface area (Å²) in [5.41, 5.74) is 0.451. The second-order valence-corrected chi connectivity index (χ2v) is 3.70. The molecule has 2 rings (SSSR count). The van der Waals surface area contributed by atoms with Crippen LogP contribution in [0, 0.1) is 11.6 Å². The molecule has 6 heteroatoms. The average molecular weight is 251 g/mol. The third kappa shape index (κ3) is 2.37. The highest BCUT2D eigenvalue weighted by Crippen LogP contribution is 2.15. The fourth-order valence-corrected chi connectivity index (χ4v) is 1.54. The quantitative estimate of drug-likeness (QED) is 0.880. The number of anilines is 1. The van der Waals surface area contributed by atoms with Crippen molar-refractivity contribution in [2.24, 2.45) is 0 Å². The smallest absolute Gasteiger partial charge is 0.259 e. The molecule has 0 saturated carbocycles. The predicted octanol–water partition coefficient (Wildman–Crippen LogP) is 2.50. The first-order valence-electron chi connectivity index (χ1n) is 5.40. The topological polar surface area (TPSA) is 57.8 Å². The van der Waals surface area contributed by atoms with Gasteiger partial charge in [0.25, 0.3) is 5.91 Å². The number of nitrogens with zero attached hydrogens (tertiary/aromatic N) is 1. The zero-order chi connectivity index (χ0) is 13.1. The SMILES string of the molecule is CCc1cn[nH]c1NC(=O)c1cc(F)ccc1F. The van der Waals surface area contributed by atoms with Crippen molar-refractivity contribution in [3.8, 4) is 0 Å². The Hall–Kier alpha value is -2.24. The zero-order valence-corrected chi connectivity index (χ0v) is 9.63. The van der Waals surface area contributed by atoms with Gasteiger partial charge in [-0.2, -0.15) is 5.10 Å². The molecular formula is C12H11F2N3O. The molecule has 0 aliphatic carbocycles. The third-order valence-corrected chi connectivity index (χ3v) is 2.51. The van der Waals surface area contributed by atoms with Crippen molar-refractivity contribution in [1.29, 1.82) is 0 Å². The van der Waals surface area contributed by atoms with E-state index in [1.165, 1.54) is 0 Å². The Labute approximate surface area is 102 Å². The minimum atomic E-state index is -0.772. The Morgan fingerprint density at radius 1 is 1.44 bits per heavy atom. The normalized spacial score (nSPS) is 10.4. The molecule has 0 radical (unpaired) electrons. The number of nitrogens with one attached hydrogen (secondary N) is 2. The second kappa shape index (κ2) is 4.95. The summed E-state index contributed by atoms with van der Waals surface area (Å²) in [7, 11) is 0. The van der Waals surface area contributed by atoms with Gasteiger partial charge in [-0.15, -0.1) is 0 Å². The number of H-pyrrole nitrogens is 1. The highest BCUT2D eigenvalue weighted by atomic mass is 19.1. The lowest BCUT2D eigenvalue weighted by atomic mass is 10.2. The maximum Gasteiger partial charge on any atom is 0.259 e. The fraction of sp³-hybridized carbons (Fsp3) is 0.167. The summed E-state index contributed by atoms with van der Waals surface area (Å²) in [5.74, 6) is -1.76. The number of hydrogen-bond acceptors (Lipinski definition) is 2. The Morgan fingerprint density at radius 3 is 2.94 bits per heavy atom. The van der Waals surface area contributed by atoms with Crippen LogP contribution in [-0.2, 0) is 6.42 Å². The molecular weight excluding hydrogens is 240 g/mol. The van der Waals surface area contributed by atoms with E-state index in [-0.39, 0.29) is 5.56 Å². The summed E-state index contributed by atoms with van der Waals surface area (Å²) >= 11 is 0. The van der Waals surface area contributed by atoms with Crippen molar-refractivity contribution < 1.29 is 13.6 Å². The van der Waals surface area contributed by atoms with Gasteiger partial charge in [0.15, 0.2) is 0 Å². The largest absolute Gasteiger partial charge is 0.307 e. The van der Waals surface area contributed by atoms with Crippen LogP contribution in [0.2, 0.25) is 0 Å². The number of amides is 1. The monoisotopic (exact) mass is 251 g/mol. The van der Waals surface area contributed by atoms with Gasteiger partial charge < -0.3 is 5.32 Å². The highest BCUT2D eigenvalue weighted by Gasteiger charge is 2.15. The number of rotatable bonds is 3. The molecule has 2 aromatic rings. The van der Waals surface area contributed by atoms with Gasteiger partial charge in [-0.25, -0.2) is 8.78 Å². The Bertz CT molecular complexity index is 580. The summed E-state index contributed by atoms with van der Waals surface area (Å²) in [6.07, 6.45) is 2.23. The molecule has 1 amide bonds. The van der Waals surface area contributed by atoms with Gasteiger partial charge in [0.2, 0.25) is 0 Å². The summed E-state index contributed by atoms with van der Waals surface area (Å²) < 4.78 is 26.3. The summed E-state index contributed by atoms with van der Waals surface area (Å²) in [6, 6.07) is 2.73. The summed E-state index contributed by atoms with van der Waals surface area (Å²) in [6.45, 7) is 1.89. The first kappa shape index (κ1) is 12.2. The standard InChI is InChI=1S/C12H11F2N3O/c1-2-7-6-15-17-11(7)16-12(18)9-5-8(13)3-4-10(9)14/h3-6H,2H2,1H3,(H2,15,16,17,18). The first-order chi connectivity index (χ1) is 8.61. The zero-order valence-electron chi connectivity index (χ0n) is 9.63. The Kier molecular flexibility index (Phi) is 3.36. The van der Waals surface area contributed by atoms with Crippen LogP contribution in [0.25, 0.3) is 0 Å². The Morgan fingerprint density at radius 2 is 2.22 bits per heavy atom. The minimum Gasteiger partial charge on any atom is -0.307 e. The number of aryl methyl sites for hydroxylation is 1. The molecule has 1 aromatic heterocycles. The van der Waals surface area contributed by atoms with Crippen LogP contribution in [0.1, 0.15) is 22.8 Å². The van der Waals surface area contributed by atoms with Crippen LogP contribution in [-0.4, -0.2) is 16.1 Å². The lowest BCUT2D eigenvalue weighted by molar-refractivity contribution is 0.102. The molecule has 1 heterocycles. The van der Waals surface area contributed by atoms with Crippen molar-refractivity contribution in [2.75, 3.05) is 5.32 Å². The van der Waals surface area contributed by atoms with Crippen LogP contribution in [0.15, 0.2) is 24.4 Å². The molecule has 18 heavy (non-hydrogen) atoms. The van der Waals surface area contributed by atoms with Crippen molar-refractivity contribution in [3.63, 3.8) is 0 Å². The van der Waals surface area contributed by atoms with E-state index in [1.807, 2.05) is 6.92 Å². The molecule has 0 saturated heterocycles. The van der Waals surface area contributed by atoms with Gasteiger partial charge in [-0.1, -0.05) is 6.92 Å². The van der Waals surface area contributed by atoms with Gasteiger partial charge in [0.1, 0.15) is 17.5 Å². The lowest BCUT2D eigenvalue weighted by Crippen LogP contribution is -2.15. The molecule has 0 spiro atoms. The Balaban J connectivity index is 2.25. The number of carbonyl (C=O) groups excluding carboxylic acids is 1. The molecule has 94 valence electrons. The molecule has 1 aromatic carbocycles. The van der Waals surface area contributed by atoms with Gasteiger partial charge in [-0.3, -0.25) is 9.89 Å². The van der Waals surface area contributed by atoms with Crippen molar-refractivity contribution in [3.05, 3.63) is 47.2 Å². The lowest BCUT2D eigenvalue weighted by Gasteiger charge is -2.05. The highest BCUT2D eigenvalue weighted by molar-refractivity contribution is 6.04. The maximum atomic E-state index is 13.4. The van der Waals surface area contributed by atoms with E-state index in [0.29, 0.717) is 12.2 Å². The molecule has 0 aliphatic rings. The van der Waals surface area contributed by atoms with E-state index in [1.54, 1.807) is 6.20 Å².